The number of halogens is 1. The van der Waals surface area contributed by atoms with Crippen molar-refractivity contribution in [3.8, 4) is 5.75 Å². The number of fused-ring (bicyclic) bond motifs is 1. The molecule has 1 atom stereocenters. The molecule has 1 aliphatic carbocycles. The Labute approximate surface area is 166 Å². The van der Waals surface area contributed by atoms with Crippen LogP contribution in [0.15, 0.2) is 53.5 Å². The molecule has 2 aromatic rings. The minimum absolute atomic E-state index is 0. The lowest BCUT2D eigenvalue weighted by molar-refractivity contribution is 0.405. The number of anilines is 1. The maximum Gasteiger partial charge on any atom is 0.193 e. The molecule has 0 spiro atoms. The van der Waals surface area contributed by atoms with Gasteiger partial charge in [-0.05, 0) is 42.5 Å². The van der Waals surface area contributed by atoms with Crippen molar-refractivity contribution in [2.45, 2.75) is 31.6 Å². The molecular formula is C20H26IN3O. The summed E-state index contributed by atoms with van der Waals surface area (Å²) >= 11 is 0. The van der Waals surface area contributed by atoms with E-state index in [1.807, 2.05) is 24.3 Å². The van der Waals surface area contributed by atoms with E-state index in [9.17, 15) is 0 Å². The lowest BCUT2D eigenvalue weighted by Crippen LogP contribution is -2.33. The van der Waals surface area contributed by atoms with Crippen molar-refractivity contribution in [3.05, 3.63) is 59.7 Å². The molecule has 0 heterocycles. The molecule has 0 fully saturated rings. The summed E-state index contributed by atoms with van der Waals surface area (Å²) in [6, 6.07) is 16.4. The fourth-order valence-corrected chi connectivity index (χ4v) is 3.48. The lowest BCUT2D eigenvalue weighted by atomic mass is 9.71. The van der Waals surface area contributed by atoms with Gasteiger partial charge in [0.25, 0.3) is 0 Å². The third-order valence-electron chi connectivity index (χ3n) is 4.81. The van der Waals surface area contributed by atoms with Gasteiger partial charge in [-0.1, -0.05) is 43.3 Å². The largest absolute Gasteiger partial charge is 0.495 e. The SMILES string of the molecule is COc1ccccc1NC(N)=NCC1(C)CCCc2ccccc21.I. The van der Waals surface area contributed by atoms with Gasteiger partial charge in [-0.2, -0.15) is 0 Å². The summed E-state index contributed by atoms with van der Waals surface area (Å²) in [6.45, 7) is 2.96. The maximum atomic E-state index is 6.11. The quantitative estimate of drug-likeness (QED) is 0.413. The molecule has 2 aromatic carbocycles. The first-order chi connectivity index (χ1) is 11.6. The zero-order valence-electron chi connectivity index (χ0n) is 14.8. The number of hydrogen-bond donors (Lipinski definition) is 2. The molecule has 1 aliphatic rings. The molecule has 0 radical (unpaired) electrons. The van der Waals surface area contributed by atoms with Crippen LogP contribution in [0, 0.1) is 0 Å². The van der Waals surface area contributed by atoms with E-state index in [2.05, 4.69) is 41.5 Å². The van der Waals surface area contributed by atoms with Crippen molar-refractivity contribution >= 4 is 35.6 Å². The third kappa shape index (κ3) is 4.45. The van der Waals surface area contributed by atoms with E-state index in [1.165, 1.54) is 17.5 Å². The van der Waals surface area contributed by atoms with Gasteiger partial charge in [-0.3, -0.25) is 4.99 Å². The average Bonchev–Trinajstić information content (AvgIpc) is 2.61. The highest BCUT2D eigenvalue weighted by molar-refractivity contribution is 14.0. The molecule has 0 aliphatic heterocycles. The minimum atomic E-state index is 0. The van der Waals surface area contributed by atoms with Gasteiger partial charge in [0.1, 0.15) is 5.75 Å². The van der Waals surface area contributed by atoms with Crippen LogP contribution < -0.4 is 15.8 Å². The molecule has 0 saturated carbocycles. The number of nitrogens with zero attached hydrogens (tertiary/aromatic N) is 1. The monoisotopic (exact) mass is 451 g/mol. The van der Waals surface area contributed by atoms with Gasteiger partial charge in [0.2, 0.25) is 0 Å². The Morgan fingerprint density at radius 2 is 1.92 bits per heavy atom. The van der Waals surface area contributed by atoms with Crippen LogP contribution in [0.2, 0.25) is 0 Å². The Morgan fingerprint density at radius 3 is 2.72 bits per heavy atom. The second kappa shape index (κ2) is 8.56. The van der Waals surface area contributed by atoms with Crippen molar-refractivity contribution in [3.63, 3.8) is 0 Å². The predicted octanol–water partition coefficient (Wildman–Crippen LogP) is 4.33. The van der Waals surface area contributed by atoms with E-state index < -0.39 is 0 Å². The van der Waals surface area contributed by atoms with Gasteiger partial charge in [-0.25, -0.2) is 0 Å². The summed E-state index contributed by atoms with van der Waals surface area (Å²) in [6.07, 6.45) is 3.49. The summed E-state index contributed by atoms with van der Waals surface area (Å²) < 4.78 is 5.33. The second-order valence-corrected chi connectivity index (χ2v) is 6.60. The molecule has 3 rings (SSSR count). The number of rotatable bonds is 4. The van der Waals surface area contributed by atoms with Crippen molar-refractivity contribution < 1.29 is 4.74 Å². The van der Waals surface area contributed by atoms with E-state index >= 15 is 0 Å². The number of nitrogens with one attached hydrogen (secondary N) is 1. The first-order valence-corrected chi connectivity index (χ1v) is 8.41. The number of aryl methyl sites for hydroxylation is 1. The molecule has 1 unspecified atom stereocenters. The number of methoxy groups -OCH3 is 1. The number of ether oxygens (including phenoxy) is 1. The molecular weight excluding hydrogens is 425 g/mol. The van der Waals surface area contributed by atoms with Gasteiger partial charge in [0, 0.05) is 5.41 Å². The smallest absolute Gasteiger partial charge is 0.193 e. The van der Waals surface area contributed by atoms with Crippen molar-refractivity contribution in [2.24, 2.45) is 10.7 Å². The van der Waals surface area contributed by atoms with E-state index in [-0.39, 0.29) is 29.4 Å². The van der Waals surface area contributed by atoms with Crippen LogP contribution in [0.3, 0.4) is 0 Å². The molecule has 134 valence electrons. The van der Waals surface area contributed by atoms with E-state index in [0.29, 0.717) is 12.5 Å². The van der Waals surface area contributed by atoms with E-state index in [0.717, 1.165) is 24.3 Å². The van der Waals surface area contributed by atoms with Crippen LogP contribution in [-0.4, -0.2) is 19.6 Å². The molecule has 0 bridgehead atoms. The molecule has 4 nitrogen and oxygen atoms in total. The van der Waals surface area contributed by atoms with Crippen LogP contribution in [-0.2, 0) is 11.8 Å². The highest BCUT2D eigenvalue weighted by Gasteiger charge is 2.31. The summed E-state index contributed by atoms with van der Waals surface area (Å²) in [5.74, 6) is 1.17. The van der Waals surface area contributed by atoms with Crippen molar-refractivity contribution in [1.82, 2.24) is 0 Å². The first-order valence-electron chi connectivity index (χ1n) is 8.41. The summed E-state index contributed by atoms with van der Waals surface area (Å²) in [5, 5.41) is 3.14. The van der Waals surface area contributed by atoms with Crippen LogP contribution >= 0.6 is 24.0 Å². The molecule has 5 heteroatoms. The third-order valence-corrected chi connectivity index (χ3v) is 4.81. The highest BCUT2D eigenvalue weighted by Crippen LogP contribution is 2.37. The highest BCUT2D eigenvalue weighted by atomic mass is 127. The lowest BCUT2D eigenvalue weighted by Gasteiger charge is -2.34. The topological polar surface area (TPSA) is 59.6 Å². The molecule has 0 amide bonds. The Balaban J connectivity index is 0.00000225. The van der Waals surface area contributed by atoms with Crippen LogP contribution in [0.1, 0.15) is 30.9 Å². The number of hydrogen-bond acceptors (Lipinski definition) is 2. The normalized spacial score (nSPS) is 19.5. The number of nitrogens with two attached hydrogens (primary N) is 1. The van der Waals surface area contributed by atoms with E-state index in [1.54, 1.807) is 7.11 Å². The zero-order valence-corrected chi connectivity index (χ0v) is 17.1. The molecule has 0 saturated heterocycles. The number of para-hydroxylation sites is 2. The van der Waals surface area contributed by atoms with Crippen LogP contribution in [0.5, 0.6) is 5.75 Å². The van der Waals surface area contributed by atoms with Crippen LogP contribution in [0.25, 0.3) is 0 Å². The van der Waals surface area contributed by atoms with Gasteiger partial charge in [0.15, 0.2) is 5.96 Å². The molecule has 25 heavy (non-hydrogen) atoms. The molecule has 3 N–H and O–H groups in total. The van der Waals surface area contributed by atoms with Crippen molar-refractivity contribution in [1.29, 1.82) is 0 Å². The number of aliphatic imine (C=N–C) groups is 1. The Hall–Kier alpha value is -1.76. The fourth-order valence-electron chi connectivity index (χ4n) is 3.48. The van der Waals surface area contributed by atoms with Crippen LogP contribution in [0.4, 0.5) is 5.69 Å². The Bertz CT molecular complexity index is 747. The standard InChI is InChI=1S/C20H25N3O.HI/c1-20(13-7-9-15-8-3-4-10-16(15)20)14-22-19(21)23-17-11-5-6-12-18(17)24-2;/h3-6,8,10-12H,7,9,13-14H2,1-2H3,(H3,21,22,23);1H. The van der Waals surface area contributed by atoms with E-state index in [4.69, 9.17) is 10.5 Å². The number of guanidine groups is 1. The average molecular weight is 451 g/mol. The van der Waals surface area contributed by atoms with Gasteiger partial charge in [-0.15, -0.1) is 24.0 Å². The minimum Gasteiger partial charge on any atom is -0.495 e. The summed E-state index contributed by atoms with van der Waals surface area (Å²) in [7, 11) is 1.65. The molecule has 0 aromatic heterocycles. The first kappa shape index (κ1) is 19.6. The maximum absolute atomic E-state index is 6.11. The Morgan fingerprint density at radius 1 is 1.20 bits per heavy atom. The van der Waals surface area contributed by atoms with Gasteiger partial charge in [0.05, 0.1) is 19.3 Å². The van der Waals surface area contributed by atoms with Gasteiger partial charge < -0.3 is 15.8 Å². The van der Waals surface area contributed by atoms with Gasteiger partial charge >= 0.3 is 0 Å². The second-order valence-electron chi connectivity index (χ2n) is 6.60. The summed E-state index contributed by atoms with van der Waals surface area (Å²) in [4.78, 5) is 4.62. The fraction of sp³-hybridized carbons (Fsp3) is 0.350. The zero-order chi connectivity index (χ0) is 17.0. The Kier molecular flexibility index (Phi) is 6.70. The predicted molar refractivity (Wildman–Crippen MR) is 115 cm³/mol. The summed E-state index contributed by atoms with van der Waals surface area (Å²) in [5.41, 5.74) is 9.83. The van der Waals surface area contributed by atoms with Crippen molar-refractivity contribution in [2.75, 3.05) is 19.0 Å². The number of benzene rings is 2.